The van der Waals surface area contributed by atoms with Crippen molar-refractivity contribution >= 4 is 34.5 Å². The zero-order valence-electron chi connectivity index (χ0n) is 18.8. The average molecular weight is 506 g/mol. The molecule has 35 heavy (non-hydrogen) atoms. The monoisotopic (exact) mass is 505 g/mol. The maximum absolute atomic E-state index is 13.1. The van der Waals surface area contributed by atoms with Crippen LogP contribution in [0.2, 0.25) is 0 Å². The maximum Gasteiger partial charge on any atom is 0.416 e. The lowest BCUT2D eigenvalue weighted by atomic mass is 10.1. The highest BCUT2D eigenvalue weighted by atomic mass is 32.1. The number of carbonyl (C=O) groups is 2. The first kappa shape index (κ1) is 24.7. The van der Waals surface area contributed by atoms with Crippen LogP contribution in [0.25, 0.3) is 0 Å². The van der Waals surface area contributed by atoms with Gasteiger partial charge in [0.2, 0.25) is 0 Å². The van der Waals surface area contributed by atoms with Crippen LogP contribution in [-0.2, 0) is 17.3 Å². The fraction of sp³-hybridized carbons (Fsp3) is 0.348. The number of hydrogen-bond donors (Lipinski definition) is 1. The molecular formula is C23H22F3N5O3S. The topological polar surface area (TPSA) is 97.3 Å². The SMILES string of the molecule is Cc1ccc(NC(=O)c2cnc(CCC(=O)c3cc(N4CCOCC4)ncn3)s2)cc1C(F)(F)F. The van der Waals surface area contributed by atoms with Gasteiger partial charge in [0, 0.05) is 37.7 Å². The quantitative estimate of drug-likeness (QED) is 0.482. The van der Waals surface area contributed by atoms with Crippen molar-refractivity contribution in [1.82, 2.24) is 15.0 Å². The highest BCUT2D eigenvalue weighted by Gasteiger charge is 2.32. The van der Waals surface area contributed by atoms with E-state index in [1.54, 1.807) is 6.07 Å². The standard InChI is InChI=1S/C23H22F3N5O3S/c1-14-2-3-15(10-16(14)23(24,25)26)30-22(33)19-12-27-21(35-19)5-4-18(32)17-11-20(29-13-28-17)31-6-8-34-9-7-31/h2-3,10-13H,4-9H2,1H3,(H,30,33). The zero-order valence-corrected chi connectivity index (χ0v) is 19.6. The summed E-state index contributed by atoms with van der Waals surface area (Å²) in [5, 5.41) is 3.03. The summed E-state index contributed by atoms with van der Waals surface area (Å²) in [6.07, 6.45) is -1.36. The predicted molar refractivity (Wildman–Crippen MR) is 124 cm³/mol. The zero-order chi connectivity index (χ0) is 25.0. The van der Waals surface area contributed by atoms with Gasteiger partial charge in [0.25, 0.3) is 5.91 Å². The fourth-order valence-corrected chi connectivity index (χ4v) is 4.35. The molecule has 12 heteroatoms. The van der Waals surface area contributed by atoms with Gasteiger partial charge >= 0.3 is 6.18 Å². The summed E-state index contributed by atoms with van der Waals surface area (Å²) >= 11 is 1.08. The molecule has 3 heterocycles. The average Bonchev–Trinajstić information content (AvgIpc) is 3.33. The third-order valence-corrected chi connectivity index (χ3v) is 6.47. The van der Waals surface area contributed by atoms with E-state index < -0.39 is 17.6 Å². The van der Waals surface area contributed by atoms with E-state index in [1.807, 2.05) is 4.90 Å². The van der Waals surface area contributed by atoms with Gasteiger partial charge in [-0.2, -0.15) is 13.2 Å². The molecule has 1 aliphatic rings. The first-order valence-electron chi connectivity index (χ1n) is 10.8. The van der Waals surface area contributed by atoms with Gasteiger partial charge in [-0.25, -0.2) is 15.0 Å². The van der Waals surface area contributed by atoms with E-state index in [0.717, 1.165) is 17.4 Å². The molecule has 0 radical (unpaired) electrons. The minimum atomic E-state index is -4.51. The lowest BCUT2D eigenvalue weighted by Crippen LogP contribution is -2.36. The van der Waals surface area contributed by atoms with Crippen molar-refractivity contribution < 1.29 is 27.5 Å². The Labute approximate surface area is 203 Å². The predicted octanol–water partition coefficient (Wildman–Crippen LogP) is 4.16. The van der Waals surface area contributed by atoms with Crippen LogP contribution in [0.3, 0.4) is 0 Å². The van der Waals surface area contributed by atoms with E-state index in [2.05, 4.69) is 20.3 Å². The number of aryl methyl sites for hydroxylation is 2. The smallest absolute Gasteiger partial charge is 0.378 e. The summed E-state index contributed by atoms with van der Waals surface area (Å²) in [6.45, 7) is 3.93. The molecule has 3 aromatic rings. The number of anilines is 2. The molecule has 1 amide bonds. The number of benzene rings is 1. The second-order valence-electron chi connectivity index (χ2n) is 7.88. The third kappa shape index (κ3) is 6.20. The maximum atomic E-state index is 13.1. The number of thiazole rings is 1. The number of nitrogens with zero attached hydrogens (tertiary/aromatic N) is 4. The minimum Gasteiger partial charge on any atom is -0.378 e. The fourth-order valence-electron chi connectivity index (χ4n) is 3.54. The Hall–Kier alpha value is -3.38. The van der Waals surface area contributed by atoms with Gasteiger partial charge in [0.05, 0.1) is 30.0 Å². The van der Waals surface area contributed by atoms with Crippen LogP contribution in [0.15, 0.2) is 36.8 Å². The summed E-state index contributed by atoms with van der Waals surface area (Å²) in [7, 11) is 0. The van der Waals surface area contributed by atoms with Crippen molar-refractivity contribution in [2.75, 3.05) is 36.5 Å². The summed E-state index contributed by atoms with van der Waals surface area (Å²) in [5.74, 6) is -0.0740. The van der Waals surface area contributed by atoms with E-state index >= 15 is 0 Å². The molecule has 0 saturated carbocycles. The first-order valence-corrected chi connectivity index (χ1v) is 11.6. The highest BCUT2D eigenvalue weighted by Crippen LogP contribution is 2.33. The Balaban J connectivity index is 1.35. The van der Waals surface area contributed by atoms with Gasteiger partial charge in [0.15, 0.2) is 5.78 Å². The Bertz CT molecular complexity index is 1230. The van der Waals surface area contributed by atoms with Crippen molar-refractivity contribution in [2.45, 2.75) is 25.9 Å². The number of amides is 1. The van der Waals surface area contributed by atoms with Gasteiger partial charge in [-0.05, 0) is 24.6 Å². The van der Waals surface area contributed by atoms with Crippen LogP contribution in [0.5, 0.6) is 0 Å². The van der Waals surface area contributed by atoms with Crippen LogP contribution < -0.4 is 10.2 Å². The van der Waals surface area contributed by atoms with Crippen LogP contribution in [0, 0.1) is 6.92 Å². The molecule has 1 fully saturated rings. The van der Waals surface area contributed by atoms with Crippen molar-refractivity contribution in [3.63, 3.8) is 0 Å². The number of morpholine rings is 1. The van der Waals surface area contributed by atoms with E-state index in [4.69, 9.17) is 4.74 Å². The number of alkyl halides is 3. The molecule has 1 saturated heterocycles. The molecule has 1 aliphatic heterocycles. The van der Waals surface area contributed by atoms with E-state index in [-0.39, 0.29) is 28.3 Å². The van der Waals surface area contributed by atoms with Crippen molar-refractivity contribution in [3.8, 4) is 0 Å². The summed E-state index contributed by atoms with van der Waals surface area (Å²) < 4.78 is 44.7. The number of aromatic nitrogens is 3. The van der Waals surface area contributed by atoms with Crippen LogP contribution in [0.4, 0.5) is 24.7 Å². The van der Waals surface area contributed by atoms with Crippen LogP contribution in [-0.4, -0.2) is 52.9 Å². The number of ether oxygens (including phenoxy) is 1. The molecule has 0 aliphatic carbocycles. The van der Waals surface area contributed by atoms with Gasteiger partial charge in [-0.1, -0.05) is 6.07 Å². The van der Waals surface area contributed by atoms with Crippen LogP contribution in [0.1, 0.15) is 42.7 Å². The van der Waals surface area contributed by atoms with E-state index in [0.29, 0.717) is 49.2 Å². The number of rotatable bonds is 7. The van der Waals surface area contributed by atoms with Crippen molar-refractivity contribution in [1.29, 1.82) is 0 Å². The number of nitrogens with one attached hydrogen (secondary N) is 1. The molecule has 0 bridgehead atoms. The lowest BCUT2D eigenvalue weighted by molar-refractivity contribution is -0.138. The van der Waals surface area contributed by atoms with Crippen molar-refractivity contribution in [3.05, 3.63) is 63.5 Å². The molecule has 184 valence electrons. The molecule has 0 unspecified atom stereocenters. The summed E-state index contributed by atoms with van der Waals surface area (Å²) in [6, 6.07) is 5.28. The first-order chi connectivity index (χ1) is 16.7. The van der Waals surface area contributed by atoms with E-state index in [1.165, 1.54) is 31.6 Å². The summed E-state index contributed by atoms with van der Waals surface area (Å²) in [4.78, 5) is 39.9. The third-order valence-electron chi connectivity index (χ3n) is 5.42. The Kier molecular flexibility index (Phi) is 7.41. The molecule has 8 nitrogen and oxygen atoms in total. The molecule has 1 N–H and O–H groups in total. The number of Topliss-reactive ketones (excluding diaryl/α,β-unsaturated/α-hetero) is 1. The second-order valence-corrected chi connectivity index (χ2v) is 9.00. The molecular weight excluding hydrogens is 483 g/mol. The van der Waals surface area contributed by atoms with Crippen molar-refractivity contribution in [2.24, 2.45) is 0 Å². The molecule has 2 aromatic heterocycles. The Morgan fingerprint density at radius 1 is 1.14 bits per heavy atom. The molecule has 1 aromatic carbocycles. The number of hydrogen-bond acceptors (Lipinski definition) is 8. The lowest BCUT2D eigenvalue weighted by Gasteiger charge is -2.27. The Morgan fingerprint density at radius 3 is 2.66 bits per heavy atom. The number of halogens is 3. The second kappa shape index (κ2) is 10.5. The number of ketones is 1. The molecule has 4 rings (SSSR count). The van der Waals surface area contributed by atoms with Gasteiger partial charge in [-0.3, -0.25) is 9.59 Å². The normalized spacial score (nSPS) is 14.1. The van der Waals surface area contributed by atoms with Gasteiger partial charge in [-0.15, -0.1) is 11.3 Å². The summed E-state index contributed by atoms with van der Waals surface area (Å²) in [5.41, 5.74) is -0.393. The number of carbonyl (C=O) groups excluding carboxylic acids is 2. The highest BCUT2D eigenvalue weighted by molar-refractivity contribution is 7.13. The molecule has 0 spiro atoms. The Morgan fingerprint density at radius 2 is 1.91 bits per heavy atom. The van der Waals surface area contributed by atoms with E-state index in [9.17, 15) is 22.8 Å². The van der Waals surface area contributed by atoms with Gasteiger partial charge < -0.3 is 15.0 Å². The minimum absolute atomic E-state index is 0.0397. The molecule has 0 atom stereocenters. The van der Waals surface area contributed by atoms with Crippen LogP contribution >= 0.6 is 11.3 Å². The van der Waals surface area contributed by atoms with Gasteiger partial charge in [0.1, 0.15) is 22.7 Å². The largest absolute Gasteiger partial charge is 0.416 e.